The lowest BCUT2D eigenvalue weighted by Gasteiger charge is -2.20. The lowest BCUT2D eigenvalue weighted by Crippen LogP contribution is -2.40. The maximum absolute atomic E-state index is 12.4. The van der Waals surface area contributed by atoms with Crippen molar-refractivity contribution in [2.45, 2.75) is 66.2 Å². The van der Waals surface area contributed by atoms with E-state index in [1.54, 1.807) is 0 Å². The zero-order valence-corrected chi connectivity index (χ0v) is 18.9. The van der Waals surface area contributed by atoms with E-state index < -0.39 is 22.8 Å². The van der Waals surface area contributed by atoms with E-state index in [1.807, 2.05) is 27.7 Å². The van der Waals surface area contributed by atoms with Crippen molar-refractivity contribution in [3.63, 3.8) is 0 Å². The lowest BCUT2D eigenvalue weighted by atomic mass is 9.91. The Kier molecular flexibility index (Phi) is 9.81. The molecular weight excluding hydrogens is 392 g/mol. The number of carbonyl (C=O) groups excluding carboxylic acids is 2. The summed E-state index contributed by atoms with van der Waals surface area (Å²) in [6.45, 7) is 7.86. The van der Waals surface area contributed by atoms with Crippen molar-refractivity contribution < 1.29 is 23.8 Å². The minimum absolute atomic E-state index is 0.0661. The van der Waals surface area contributed by atoms with Crippen LogP contribution in [0.5, 0.6) is 5.88 Å². The van der Waals surface area contributed by atoms with E-state index in [9.17, 15) is 19.2 Å². The third-order valence-corrected chi connectivity index (χ3v) is 5.09. The van der Waals surface area contributed by atoms with Crippen molar-refractivity contribution in [3.05, 3.63) is 26.4 Å². The summed E-state index contributed by atoms with van der Waals surface area (Å²) in [5.74, 6) is -0.339. The van der Waals surface area contributed by atoms with Gasteiger partial charge in [0.25, 0.3) is 5.56 Å². The fourth-order valence-electron chi connectivity index (χ4n) is 2.57. The van der Waals surface area contributed by atoms with Gasteiger partial charge < -0.3 is 14.2 Å². The molecule has 0 amide bonds. The summed E-state index contributed by atoms with van der Waals surface area (Å²) in [6, 6.07) is 0. The first kappa shape index (κ1) is 25.5. The molecule has 1 aromatic heterocycles. The van der Waals surface area contributed by atoms with E-state index in [1.165, 1.54) is 14.1 Å². The number of hydrogen-bond acceptors (Lipinski definition) is 7. The first-order valence-corrected chi connectivity index (χ1v) is 10.4. The maximum Gasteiger partial charge on any atom is 0.515 e. The first-order valence-electron chi connectivity index (χ1n) is 10.4. The molecule has 0 saturated heterocycles. The van der Waals surface area contributed by atoms with Gasteiger partial charge in [0.15, 0.2) is 0 Å². The first-order chi connectivity index (χ1) is 14.1. The van der Waals surface area contributed by atoms with Crippen LogP contribution in [0.15, 0.2) is 9.59 Å². The number of esters is 1. The molecule has 0 aliphatic heterocycles. The topological polar surface area (TPSA) is 106 Å². The van der Waals surface area contributed by atoms with Crippen LogP contribution in [0, 0.1) is 5.41 Å². The standard InChI is InChI=1S/C21H34N2O7/c1-7-9-12-15-16(24)22(5)19(26)23(6)17(15)30-20(27)29-14-11-10-13-28-18(25)21(3,4)8-2/h7-14H2,1-6H3. The summed E-state index contributed by atoms with van der Waals surface area (Å²) < 4.78 is 17.6. The normalized spacial score (nSPS) is 11.3. The molecule has 0 saturated carbocycles. The summed E-state index contributed by atoms with van der Waals surface area (Å²) in [6.07, 6.45) is 2.66. The molecule has 0 unspecified atom stereocenters. The molecular formula is C21H34N2O7. The molecule has 170 valence electrons. The molecule has 0 fully saturated rings. The highest BCUT2D eigenvalue weighted by Gasteiger charge is 2.26. The van der Waals surface area contributed by atoms with Gasteiger partial charge in [-0.2, -0.15) is 0 Å². The van der Waals surface area contributed by atoms with Crippen LogP contribution >= 0.6 is 0 Å². The Morgan fingerprint density at radius 3 is 2.10 bits per heavy atom. The molecule has 1 heterocycles. The van der Waals surface area contributed by atoms with E-state index in [0.717, 1.165) is 15.6 Å². The second kappa shape index (κ2) is 11.6. The molecule has 0 bridgehead atoms. The van der Waals surface area contributed by atoms with E-state index in [0.29, 0.717) is 32.1 Å². The summed E-state index contributed by atoms with van der Waals surface area (Å²) >= 11 is 0. The molecule has 9 nitrogen and oxygen atoms in total. The molecule has 0 aromatic carbocycles. The van der Waals surface area contributed by atoms with Gasteiger partial charge in [-0.25, -0.2) is 9.59 Å². The highest BCUT2D eigenvalue weighted by atomic mass is 16.7. The highest BCUT2D eigenvalue weighted by Crippen LogP contribution is 2.21. The van der Waals surface area contributed by atoms with Crippen LogP contribution in [0.25, 0.3) is 0 Å². The van der Waals surface area contributed by atoms with Crippen molar-refractivity contribution in [2.75, 3.05) is 13.2 Å². The average molecular weight is 427 g/mol. The van der Waals surface area contributed by atoms with Crippen molar-refractivity contribution in [1.82, 2.24) is 9.13 Å². The fraction of sp³-hybridized carbons (Fsp3) is 0.714. The Morgan fingerprint density at radius 2 is 1.53 bits per heavy atom. The van der Waals surface area contributed by atoms with Gasteiger partial charge in [0.1, 0.15) is 0 Å². The quantitative estimate of drug-likeness (QED) is 0.396. The fourth-order valence-corrected chi connectivity index (χ4v) is 2.57. The van der Waals surface area contributed by atoms with Crippen LogP contribution in [0.1, 0.15) is 65.4 Å². The van der Waals surface area contributed by atoms with E-state index >= 15 is 0 Å². The molecule has 0 radical (unpaired) electrons. The molecule has 30 heavy (non-hydrogen) atoms. The lowest BCUT2D eigenvalue weighted by molar-refractivity contribution is -0.154. The number of hydrogen-bond donors (Lipinski definition) is 0. The number of aromatic nitrogens is 2. The minimum atomic E-state index is -0.986. The molecule has 0 spiro atoms. The smallest absolute Gasteiger partial charge is 0.465 e. The van der Waals surface area contributed by atoms with Crippen molar-refractivity contribution in [2.24, 2.45) is 19.5 Å². The number of carbonyl (C=O) groups is 2. The number of unbranched alkanes of at least 4 members (excludes halogenated alkanes) is 2. The second-order valence-corrected chi connectivity index (χ2v) is 7.87. The zero-order valence-electron chi connectivity index (χ0n) is 18.9. The number of ether oxygens (including phenoxy) is 3. The average Bonchev–Trinajstić information content (AvgIpc) is 2.72. The molecule has 1 aromatic rings. The summed E-state index contributed by atoms with van der Waals surface area (Å²) in [5, 5.41) is 0. The predicted octanol–water partition coefficient (Wildman–Crippen LogP) is 2.70. The van der Waals surface area contributed by atoms with Gasteiger partial charge in [0, 0.05) is 14.1 Å². The van der Waals surface area contributed by atoms with Crippen LogP contribution in [0.4, 0.5) is 4.79 Å². The Balaban J connectivity index is 2.61. The zero-order chi connectivity index (χ0) is 22.9. The number of nitrogens with zero attached hydrogens (tertiary/aromatic N) is 2. The van der Waals surface area contributed by atoms with Gasteiger partial charge in [-0.05, 0) is 46.0 Å². The third kappa shape index (κ3) is 6.74. The molecule has 1 rings (SSSR count). The van der Waals surface area contributed by atoms with Gasteiger partial charge >= 0.3 is 17.8 Å². The van der Waals surface area contributed by atoms with Gasteiger partial charge in [-0.15, -0.1) is 0 Å². The molecule has 9 heteroatoms. The summed E-state index contributed by atoms with van der Waals surface area (Å²) in [7, 11) is 2.82. The molecule has 0 aliphatic rings. The monoisotopic (exact) mass is 426 g/mol. The summed E-state index contributed by atoms with van der Waals surface area (Å²) in [5.41, 5.74) is -1.31. The van der Waals surface area contributed by atoms with Crippen molar-refractivity contribution in [3.8, 4) is 5.88 Å². The SMILES string of the molecule is CCCCc1c(OC(=O)OCCCCOC(=O)C(C)(C)CC)n(C)c(=O)n(C)c1=O. The van der Waals surface area contributed by atoms with Crippen LogP contribution in [0.3, 0.4) is 0 Å². The van der Waals surface area contributed by atoms with E-state index in [4.69, 9.17) is 14.2 Å². The Hall–Kier alpha value is -2.58. The van der Waals surface area contributed by atoms with E-state index in [2.05, 4.69) is 0 Å². The van der Waals surface area contributed by atoms with E-state index in [-0.39, 0.29) is 30.6 Å². The summed E-state index contributed by atoms with van der Waals surface area (Å²) in [4.78, 5) is 48.5. The van der Waals surface area contributed by atoms with Gasteiger partial charge in [0.2, 0.25) is 5.88 Å². The van der Waals surface area contributed by atoms with Crippen LogP contribution < -0.4 is 16.0 Å². The molecule has 0 aliphatic carbocycles. The second-order valence-electron chi connectivity index (χ2n) is 7.87. The van der Waals surface area contributed by atoms with Crippen LogP contribution in [0.2, 0.25) is 0 Å². The molecule has 0 atom stereocenters. The van der Waals surface area contributed by atoms with Gasteiger partial charge in [-0.1, -0.05) is 20.3 Å². The van der Waals surface area contributed by atoms with Crippen molar-refractivity contribution >= 4 is 12.1 Å². The predicted molar refractivity (Wildman–Crippen MR) is 112 cm³/mol. The Labute approximate surface area is 176 Å². The highest BCUT2D eigenvalue weighted by molar-refractivity contribution is 5.75. The Morgan fingerprint density at radius 1 is 0.933 bits per heavy atom. The van der Waals surface area contributed by atoms with Gasteiger partial charge in [-0.3, -0.25) is 18.7 Å². The van der Waals surface area contributed by atoms with Crippen molar-refractivity contribution in [1.29, 1.82) is 0 Å². The maximum atomic E-state index is 12.4. The third-order valence-electron chi connectivity index (χ3n) is 5.09. The largest absolute Gasteiger partial charge is 0.515 e. The van der Waals surface area contributed by atoms with Gasteiger partial charge in [0.05, 0.1) is 24.2 Å². The number of rotatable bonds is 11. The molecule has 0 N–H and O–H groups in total. The minimum Gasteiger partial charge on any atom is -0.465 e. The van der Waals surface area contributed by atoms with Crippen LogP contribution in [-0.4, -0.2) is 34.5 Å². The Bertz CT molecular complexity index is 852. The van der Waals surface area contributed by atoms with Crippen LogP contribution in [-0.2, 0) is 34.8 Å².